The predicted octanol–water partition coefficient (Wildman–Crippen LogP) is 1.87. The van der Waals surface area contributed by atoms with Crippen molar-refractivity contribution in [1.82, 2.24) is 25.4 Å². The lowest BCUT2D eigenvalue weighted by atomic mass is 10.1. The molecule has 0 amide bonds. The van der Waals surface area contributed by atoms with E-state index in [1.807, 2.05) is 44.2 Å². The number of hydrogen-bond acceptors (Lipinski definition) is 8. The molecule has 0 spiro atoms. The van der Waals surface area contributed by atoms with Gasteiger partial charge in [-0.15, -0.1) is 0 Å². The predicted molar refractivity (Wildman–Crippen MR) is 104 cm³/mol. The number of anilines is 2. The second-order valence-corrected chi connectivity index (χ2v) is 6.86. The van der Waals surface area contributed by atoms with Crippen molar-refractivity contribution in [3.8, 4) is 11.3 Å². The third-order valence-electron chi connectivity index (χ3n) is 4.59. The largest absolute Gasteiger partial charge is 0.359 e. The summed E-state index contributed by atoms with van der Waals surface area (Å²) < 4.78 is 5.55. The first-order chi connectivity index (χ1) is 13.1. The second-order valence-electron chi connectivity index (χ2n) is 6.86. The Morgan fingerprint density at radius 2 is 1.96 bits per heavy atom. The van der Waals surface area contributed by atoms with Crippen LogP contribution in [0.25, 0.3) is 11.3 Å². The van der Waals surface area contributed by atoms with Crippen molar-refractivity contribution in [3.63, 3.8) is 0 Å². The van der Waals surface area contributed by atoms with Crippen molar-refractivity contribution in [2.75, 3.05) is 37.5 Å². The molecule has 1 N–H and O–H groups in total. The zero-order valence-electron chi connectivity index (χ0n) is 15.8. The quantitative estimate of drug-likeness (QED) is 0.734. The highest BCUT2D eigenvalue weighted by Gasteiger charge is 2.21. The Bertz CT molecular complexity index is 923. The summed E-state index contributed by atoms with van der Waals surface area (Å²) in [5.41, 5.74) is 4.07. The Balaban J connectivity index is 1.61. The zero-order valence-corrected chi connectivity index (χ0v) is 15.8. The summed E-state index contributed by atoms with van der Waals surface area (Å²) in [5.74, 6) is 2.46. The van der Waals surface area contributed by atoms with Crippen LogP contribution >= 0.6 is 0 Å². The van der Waals surface area contributed by atoms with E-state index in [-0.39, 0.29) is 0 Å². The molecule has 0 bridgehead atoms. The van der Waals surface area contributed by atoms with E-state index in [0.29, 0.717) is 12.5 Å². The van der Waals surface area contributed by atoms with Crippen molar-refractivity contribution in [1.29, 1.82) is 0 Å². The fourth-order valence-corrected chi connectivity index (χ4v) is 3.20. The molecule has 1 aliphatic rings. The van der Waals surface area contributed by atoms with Gasteiger partial charge in [-0.1, -0.05) is 5.16 Å². The molecule has 0 aliphatic carbocycles. The van der Waals surface area contributed by atoms with E-state index in [9.17, 15) is 0 Å². The molecule has 8 nitrogen and oxygen atoms in total. The SMILES string of the molecule is CN(C)c1nc2c(c(N(C)Cc3cc(-c4ccncc4)no3)n1)CCNC2. The number of pyridine rings is 1. The van der Waals surface area contributed by atoms with Crippen LogP contribution in [0.3, 0.4) is 0 Å². The minimum atomic E-state index is 0.585. The van der Waals surface area contributed by atoms with Gasteiger partial charge in [0.1, 0.15) is 11.5 Å². The summed E-state index contributed by atoms with van der Waals surface area (Å²) >= 11 is 0. The Hall–Kier alpha value is -3.00. The molecule has 0 atom stereocenters. The van der Waals surface area contributed by atoms with Crippen LogP contribution in [0.15, 0.2) is 35.1 Å². The van der Waals surface area contributed by atoms with Crippen LogP contribution in [0.1, 0.15) is 17.0 Å². The van der Waals surface area contributed by atoms with Crippen molar-refractivity contribution in [2.45, 2.75) is 19.5 Å². The lowest BCUT2D eigenvalue weighted by Gasteiger charge is -2.26. The molecule has 27 heavy (non-hydrogen) atoms. The van der Waals surface area contributed by atoms with E-state index in [4.69, 9.17) is 14.5 Å². The fraction of sp³-hybridized carbons (Fsp3) is 0.368. The topological polar surface area (TPSA) is 83.2 Å². The van der Waals surface area contributed by atoms with Gasteiger partial charge in [-0.2, -0.15) is 4.98 Å². The number of hydrogen-bond donors (Lipinski definition) is 1. The van der Waals surface area contributed by atoms with Gasteiger partial charge >= 0.3 is 0 Å². The standard InChI is InChI=1S/C19H23N7O/c1-25(2)19-22-17-11-21-9-6-15(17)18(23-19)26(3)12-14-10-16(24-27-14)13-4-7-20-8-5-13/h4-5,7-8,10,21H,6,9,11-12H2,1-3H3. The highest BCUT2D eigenvalue weighted by atomic mass is 16.5. The third-order valence-corrected chi connectivity index (χ3v) is 4.59. The van der Waals surface area contributed by atoms with Gasteiger partial charge in [0.2, 0.25) is 5.95 Å². The van der Waals surface area contributed by atoms with Crippen molar-refractivity contribution in [3.05, 3.63) is 47.6 Å². The number of fused-ring (bicyclic) bond motifs is 1. The smallest absolute Gasteiger partial charge is 0.227 e. The van der Waals surface area contributed by atoms with Gasteiger partial charge in [-0.05, 0) is 25.1 Å². The lowest BCUT2D eigenvalue weighted by molar-refractivity contribution is 0.384. The molecule has 0 fully saturated rings. The molecule has 0 saturated heterocycles. The minimum Gasteiger partial charge on any atom is -0.359 e. The Morgan fingerprint density at radius 1 is 1.15 bits per heavy atom. The van der Waals surface area contributed by atoms with Crippen LogP contribution in [0.2, 0.25) is 0 Å². The van der Waals surface area contributed by atoms with E-state index in [1.54, 1.807) is 12.4 Å². The molecule has 1 aliphatic heterocycles. The van der Waals surface area contributed by atoms with E-state index >= 15 is 0 Å². The fourth-order valence-electron chi connectivity index (χ4n) is 3.20. The Morgan fingerprint density at radius 3 is 2.74 bits per heavy atom. The average molecular weight is 365 g/mol. The Kier molecular flexibility index (Phi) is 4.72. The number of rotatable bonds is 5. The molecule has 3 aromatic rings. The maximum atomic E-state index is 5.55. The third kappa shape index (κ3) is 3.61. The number of nitrogens with zero attached hydrogens (tertiary/aromatic N) is 6. The molecular formula is C19H23N7O. The van der Waals surface area contributed by atoms with Crippen molar-refractivity contribution < 1.29 is 4.52 Å². The summed E-state index contributed by atoms with van der Waals surface area (Å²) in [6, 6.07) is 5.80. The molecule has 0 unspecified atom stereocenters. The summed E-state index contributed by atoms with van der Waals surface area (Å²) in [6.45, 7) is 2.29. The normalized spacial score (nSPS) is 13.3. The highest BCUT2D eigenvalue weighted by Crippen LogP contribution is 2.27. The maximum Gasteiger partial charge on any atom is 0.227 e. The molecule has 140 valence electrons. The molecule has 3 aromatic heterocycles. The summed E-state index contributed by atoms with van der Waals surface area (Å²) in [7, 11) is 5.94. The van der Waals surface area contributed by atoms with Crippen molar-refractivity contribution in [2.24, 2.45) is 0 Å². The number of aromatic nitrogens is 4. The van der Waals surface area contributed by atoms with E-state index in [1.165, 1.54) is 5.56 Å². The van der Waals surface area contributed by atoms with Gasteiger partial charge in [0.15, 0.2) is 5.76 Å². The van der Waals surface area contributed by atoms with Crippen LogP contribution < -0.4 is 15.1 Å². The first-order valence-corrected chi connectivity index (χ1v) is 8.97. The molecule has 0 saturated carbocycles. The average Bonchev–Trinajstić information content (AvgIpc) is 3.16. The molecule has 4 heterocycles. The van der Waals surface area contributed by atoms with Gasteiger partial charge in [-0.3, -0.25) is 4.98 Å². The van der Waals surface area contributed by atoms with Crippen molar-refractivity contribution >= 4 is 11.8 Å². The minimum absolute atomic E-state index is 0.585. The second kappa shape index (κ2) is 7.32. The van der Waals surface area contributed by atoms with Crippen LogP contribution in [0.5, 0.6) is 0 Å². The van der Waals surface area contributed by atoms with E-state index < -0.39 is 0 Å². The van der Waals surface area contributed by atoms with Gasteiger partial charge in [0.25, 0.3) is 0 Å². The Labute approximate surface area is 158 Å². The summed E-state index contributed by atoms with van der Waals surface area (Å²) in [5, 5.41) is 7.57. The van der Waals surface area contributed by atoms with Gasteiger partial charge in [0.05, 0.1) is 12.2 Å². The van der Waals surface area contributed by atoms with Crippen LogP contribution in [0, 0.1) is 0 Å². The van der Waals surface area contributed by atoms with E-state index in [2.05, 4.69) is 20.4 Å². The van der Waals surface area contributed by atoms with E-state index in [0.717, 1.165) is 48.0 Å². The summed E-state index contributed by atoms with van der Waals surface area (Å²) in [4.78, 5) is 17.6. The molecular weight excluding hydrogens is 342 g/mol. The van der Waals surface area contributed by atoms with Gasteiger partial charge < -0.3 is 19.6 Å². The van der Waals surface area contributed by atoms with Crippen LogP contribution in [0.4, 0.5) is 11.8 Å². The maximum absolute atomic E-state index is 5.55. The van der Waals surface area contributed by atoms with Gasteiger partial charge in [-0.25, -0.2) is 4.98 Å². The highest BCUT2D eigenvalue weighted by molar-refractivity contribution is 5.58. The first kappa shape index (κ1) is 17.4. The lowest BCUT2D eigenvalue weighted by Crippen LogP contribution is -2.30. The van der Waals surface area contributed by atoms with Gasteiger partial charge in [0, 0.05) is 57.3 Å². The zero-order chi connectivity index (χ0) is 18.8. The van der Waals surface area contributed by atoms with Crippen LogP contribution in [-0.2, 0) is 19.5 Å². The number of nitrogens with one attached hydrogen (secondary N) is 1. The molecule has 0 radical (unpaired) electrons. The summed E-state index contributed by atoms with van der Waals surface area (Å²) in [6.07, 6.45) is 4.42. The molecule has 4 rings (SSSR count). The molecule has 0 aromatic carbocycles. The van der Waals surface area contributed by atoms with Crippen LogP contribution in [-0.4, -0.2) is 47.8 Å². The first-order valence-electron chi connectivity index (χ1n) is 8.97. The molecule has 8 heteroatoms. The monoisotopic (exact) mass is 365 g/mol.